The second-order valence-electron chi connectivity index (χ2n) is 15.1. The molecule has 0 unspecified atom stereocenters. The average Bonchev–Trinajstić information content (AvgIpc) is 3.71. The summed E-state index contributed by atoms with van der Waals surface area (Å²) < 4.78 is 39.0. The van der Waals surface area contributed by atoms with Crippen LogP contribution in [-0.4, -0.2) is 85.9 Å². The van der Waals surface area contributed by atoms with Gasteiger partial charge < -0.3 is 38.7 Å². The van der Waals surface area contributed by atoms with Gasteiger partial charge in [-0.25, -0.2) is 14.2 Å². The SMILES string of the molecule is CCCN(CCOc1c(Cl)cc(Cl)cc1Cl)C(=O)n1ccnc1.C[C@H]1C[C@H]2[C@@H]3CCC4=CC(=O)C=C[C@]4(C)[C@@]3(F)[C@@H](O)C[C@]2(C)[C@@]1(O)C(=O)COP(=O)([O-])[O-].[Na+].[Na+]. The van der Waals surface area contributed by atoms with Crippen molar-refractivity contribution in [2.24, 2.45) is 28.6 Å². The summed E-state index contributed by atoms with van der Waals surface area (Å²) in [5.74, 6) is -2.69. The minimum atomic E-state index is -5.43. The van der Waals surface area contributed by atoms with Crippen LogP contribution in [0.2, 0.25) is 15.1 Å². The molecule has 302 valence electrons. The van der Waals surface area contributed by atoms with E-state index in [1.54, 1.807) is 50.2 Å². The normalized spacial score (nSPS) is 31.2. The van der Waals surface area contributed by atoms with Crippen LogP contribution in [0.15, 0.2) is 54.7 Å². The molecule has 2 N–H and O–H groups in total. The fourth-order valence-corrected chi connectivity index (χ4v) is 10.6. The monoisotopic (exact) mass is 891 g/mol. The Morgan fingerprint density at radius 2 is 1.79 bits per heavy atom. The number of aliphatic hydroxyl groups excluding tert-OH is 1. The molecule has 0 aliphatic heterocycles. The molecule has 0 saturated heterocycles. The van der Waals surface area contributed by atoms with Gasteiger partial charge in [-0.15, -0.1) is 0 Å². The number of ether oxygens (including phenoxy) is 1. The average molecular weight is 893 g/mol. The molecule has 4 aliphatic rings. The molecule has 3 fully saturated rings. The molecule has 0 spiro atoms. The molecule has 0 bridgehead atoms. The first-order chi connectivity index (χ1) is 25.6. The van der Waals surface area contributed by atoms with Crippen molar-refractivity contribution >= 4 is 60.2 Å². The summed E-state index contributed by atoms with van der Waals surface area (Å²) in [6, 6.07) is 2.97. The Labute approximate surface area is 390 Å². The van der Waals surface area contributed by atoms with E-state index in [-0.39, 0.29) is 90.4 Å². The van der Waals surface area contributed by atoms with Gasteiger partial charge in [0.15, 0.2) is 23.0 Å². The van der Waals surface area contributed by atoms with Crippen LogP contribution in [0.5, 0.6) is 5.75 Å². The van der Waals surface area contributed by atoms with E-state index in [9.17, 15) is 38.9 Å². The van der Waals surface area contributed by atoms with Gasteiger partial charge in [0, 0.05) is 40.7 Å². The van der Waals surface area contributed by atoms with Gasteiger partial charge in [0.1, 0.15) is 25.1 Å². The molecule has 1 amide bonds. The number of hydrogen-bond donors (Lipinski definition) is 2. The number of benzene rings is 1. The van der Waals surface area contributed by atoms with Crippen molar-refractivity contribution in [2.75, 3.05) is 26.3 Å². The van der Waals surface area contributed by atoms with Crippen LogP contribution in [-0.2, 0) is 18.7 Å². The Morgan fingerprint density at radius 1 is 1.14 bits per heavy atom. The minimum Gasteiger partial charge on any atom is -0.790 e. The number of alkyl halides is 1. The van der Waals surface area contributed by atoms with Crippen molar-refractivity contribution in [3.05, 3.63) is 69.7 Å². The number of ketones is 2. The molecule has 8 atom stereocenters. The standard InChI is InChI=1S/C22H30FO8P.C15H16Cl3N3O2.2Na/c1-12-8-16-15-5-4-13-9-14(24)6-7-19(13,2)21(15,23)17(25)10-20(16,3)22(12,27)18(26)11-31-32(28,29)30;1-2-4-20(15(22)21-5-3-19-10-21)6-7-23-14-12(17)8-11(16)9-13(14)18;;/h6-7,9,12,15-17,25,27H,4-5,8,10-11H2,1-3H3,(H2,28,29,30);3,5,8-10H,2,4,6-7H2,1H3;;/q;;2*+1/p-2/t12-,15-,16-,17-,19-,20-,21-,22-;;;/m0.../s1. The molecule has 2 aromatic rings. The molecular weight excluding hydrogens is 849 g/mol. The molecule has 57 heavy (non-hydrogen) atoms. The summed E-state index contributed by atoms with van der Waals surface area (Å²) >= 11 is 18.0. The summed E-state index contributed by atoms with van der Waals surface area (Å²) in [6.07, 6.45) is 9.01. The van der Waals surface area contributed by atoms with Crippen LogP contribution >= 0.6 is 42.6 Å². The van der Waals surface area contributed by atoms with Gasteiger partial charge >= 0.3 is 65.1 Å². The van der Waals surface area contributed by atoms with Crippen LogP contribution in [0.4, 0.5) is 9.18 Å². The number of aromatic nitrogens is 2. The Morgan fingerprint density at radius 3 is 2.37 bits per heavy atom. The zero-order chi connectivity index (χ0) is 40.7. The first-order valence-corrected chi connectivity index (χ1v) is 20.5. The molecule has 13 nitrogen and oxygen atoms in total. The molecule has 6 rings (SSSR count). The first-order valence-electron chi connectivity index (χ1n) is 17.9. The summed E-state index contributed by atoms with van der Waals surface area (Å²) in [6.45, 7) is 7.08. The number of amides is 1. The first kappa shape index (κ1) is 50.7. The Bertz CT molecular complexity index is 1900. The van der Waals surface area contributed by atoms with Crippen molar-refractivity contribution in [1.29, 1.82) is 0 Å². The van der Waals surface area contributed by atoms with E-state index in [0.29, 0.717) is 52.3 Å². The molecule has 1 heterocycles. The van der Waals surface area contributed by atoms with E-state index in [1.807, 2.05) is 6.92 Å². The van der Waals surface area contributed by atoms with Crippen molar-refractivity contribution in [1.82, 2.24) is 14.5 Å². The topological polar surface area (TPSA) is 194 Å². The zero-order valence-corrected chi connectivity index (χ0v) is 39.9. The van der Waals surface area contributed by atoms with E-state index in [1.165, 1.54) is 29.1 Å². The number of halogens is 4. The number of hydrogen-bond acceptors (Lipinski definition) is 11. The van der Waals surface area contributed by atoms with Crippen LogP contribution in [0.3, 0.4) is 0 Å². The number of fused-ring (bicyclic) bond motifs is 5. The van der Waals surface area contributed by atoms with E-state index >= 15 is 4.39 Å². The van der Waals surface area contributed by atoms with Gasteiger partial charge in [0.05, 0.1) is 30.5 Å². The Kier molecular flexibility index (Phi) is 17.4. The third-order valence-electron chi connectivity index (χ3n) is 12.1. The van der Waals surface area contributed by atoms with Crippen LogP contribution in [0.1, 0.15) is 59.8 Å². The van der Waals surface area contributed by atoms with Crippen LogP contribution < -0.4 is 73.6 Å². The number of phosphoric acid groups is 1. The number of aliphatic hydroxyl groups is 2. The summed E-state index contributed by atoms with van der Waals surface area (Å²) in [5.41, 5.74) is -6.03. The Hall–Kier alpha value is -0.650. The van der Waals surface area contributed by atoms with Crippen molar-refractivity contribution in [2.45, 2.75) is 77.2 Å². The number of phosphoric ester groups is 1. The Balaban J connectivity index is 0.000000311. The van der Waals surface area contributed by atoms with Gasteiger partial charge in [-0.05, 0) is 75.1 Å². The number of rotatable bonds is 10. The molecular formula is C37H44Cl3FN3Na2O10P. The maximum Gasteiger partial charge on any atom is 1.00 e. The second kappa shape index (κ2) is 19.6. The third kappa shape index (κ3) is 9.71. The van der Waals surface area contributed by atoms with Gasteiger partial charge in [-0.1, -0.05) is 67.2 Å². The van der Waals surface area contributed by atoms with E-state index in [0.717, 1.165) is 6.42 Å². The number of carbonyl (C=O) groups is 3. The van der Waals surface area contributed by atoms with Crippen LogP contribution in [0.25, 0.3) is 0 Å². The summed E-state index contributed by atoms with van der Waals surface area (Å²) in [4.78, 5) is 64.5. The smallest absolute Gasteiger partial charge is 0.790 e. The van der Waals surface area contributed by atoms with E-state index in [4.69, 9.17) is 39.5 Å². The number of allylic oxidation sites excluding steroid dienone is 4. The fraction of sp³-hybridized carbons (Fsp3) is 0.568. The summed E-state index contributed by atoms with van der Waals surface area (Å²) in [7, 11) is -5.43. The molecule has 20 heteroatoms. The third-order valence-corrected chi connectivity index (χ3v) is 13.3. The molecule has 1 aromatic carbocycles. The van der Waals surface area contributed by atoms with Crippen LogP contribution in [0, 0.1) is 28.6 Å². The minimum absolute atomic E-state index is 0. The van der Waals surface area contributed by atoms with Crippen molar-refractivity contribution in [3.63, 3.8) is 0 Å². The van der Waals surface area contributed by atoms with E-state index < -0.39 is 66.2 Å². The largest absolute Gasteiger partial charge is 1.00 e. The zero-order valence-electron chi connectivity index (χ0n) is 32.8. The number of Topliss-reactive ketones (excluding diaryl/α,β-unsaturated/α-hetero) is 1. The van der Waals surface area contributed by atoms with Crippen molar-refractivity contribution in [3.8, 4) is 5.75 Å². The summed E-state index contributed by atoms with van der Waals surface area (Å²) in [5, 5.41) is 23.9. The van der Waals surface area contributed by atoms with Gasteiger partial charge in [-0.2, -0.15) is 0 Å². The van der Waals surface area contributed by atoms with Gasteiger partial charge in [0.25, 0.3) is 0 Å². The predicted molar refractivity (Wildman–Crippen MR) is 198 cm³/mol. The fourth-order valence-electron chi connectivity index (χ4n) is 9.42. The second-order valence-corrected chi connectivity index (χ2v) is 17.5. The van der Waals surface area contributed by atoms with Gasteiger partial charge in [-0.3, -0.25) is 14.2 Å². The van der Waals surface area contributed by atoms with Crippen molar-refractivity contribution < 1.29 is 112 Å². The number of carbonyl (C=O) groups excluding carboxylic acids is 3. The van der Waals surface area contributed by atoms with E-state index in [2.05, 4.69) is 9.51 Å². The molecule has 0 radical (unpaired) electrons. The predicted octanol–water partition coefficient (Wildman–Crippen LogP) is -0.641. The quantitative estimate of drug-likeness (QED) is 0.228. The number of imidazole rings is 1. The molecule has 4 aliphatic carbocycles. The maximum atomic E-state index is 17.0. The number of nitrogens with zero attached hydrogens (tertiary/aromatic N) is 3. The van der Waals surface area contributed by atoms with Gasteiger partial charge in [0.2, 0.25) is 0 Å². The molecule has 1 aromatic heterocycles. The molecule has 3 saturated carbocycles. The maximum absolute atomic E-state index is 17.0.